The topological polar surface area (TPSA) is 73.7 Å². The molecule has 0 amide bonds. The number of carbonyl (C=O) groups is 1. The molecule has 3 rings (SSSR count). The first-order valence-electron chi connectivity index (χ1n) is 7.23. The summed E-state index contributed by atoms with van der Waals surface area (Å²) in [6.07, 6.45) is 3.44. The summed E-state index contributed by atoms with van der Waals surface area (Å²) in [5.74, 6) is -1.05. The highest BCUT2D eigenvalue weighted by molar-refractivity contribution is 5.95. The quantitative estimate of drug-likeness (QED) is 0.908. The van der Waals surface area contributed by atoms with Crippen molar-refractivity contribution >= 4 is 29.3 Å². The van der Waals surface area contributed by atoms with E-state index in [-0.39, 0.29) is 23.9 Å². The average Bonchev–Trinajstić information content (AvgIpc) is 2.51. The van der Waals surface area contributed by atoms with Crippen molar-refractivity contribution in [3.05, 3.63) is 35.5 Å². The molecular formula is C16H19ClN2O3. The van der Waals surface area contributed by atoms with Crippen LogP contribution in [0.4, 0.5) is 0 Å². The molecule has 0 bridgehead atoms. The van der Waals surface area contributed by atoms with Gasteiger partial charge in [-0.2, -0.15) is 0 Å². The van der Waals surface area contributed by atoms with E-state index in [2.05, 4.69) is 9.88 Å². The molecule has 5 nitrogen and oxygen atoms in total. The number of aromatic nitrogens is 1. The van der Waals surface area contributed by atoms with Crippen LogP contribution in [0.15, 0.2) is 24.3 Å². The maximum atomic E-state index is 11.5. The number of aromatic carboxylic acids is 1. The van der Waals surface area contributed by atoms with E-state index in [4.69, 9.17) is 0 Å². The lowest BCUT2D eigenvalue weighted by Gasteiger charge is -2.27. The molecule has 2 N–H and O–H groups in total. The molecule has 0 aliphatic carbocycles. The molecule has 118 valence electrons. The minimum absolute atomic E-state index is 0. The van der Waals surface area contributed by atoms with Crippen molar-refractivity contribution in [2.45, 2.75) is 25.8 Å². The van der Waals surface area contributed by atoms with Gasteiger partial charge in [0.05, 0.1) is 5.52 Å². The first kappa shape index (κ1) is 16.5. The van der Waals surface area contributed by atoms with E-state index >= 15 is 0 Å². The summed E-state index contributed by atoms with van der Waals surface area (Å²) in [6, 6.07) is 7.08. The molecule has 1 aliphatic rings. The summed E-state index contributed by atoms with van der Waals surface area (Å²) in [6.45, 7) is 2.31. The van der Waals surface area contributed by atoms with Gasteiger partial charge in [-0.15, -0.1) is 12.4 Å². The lowest BCUT2D eigenvalue weighted by Crippen LogP contribution is -2.30. The number of carboxylic acids is 1. The first-order valence-corrected chi connectivity index (χ1v) is 7.23. The maximum absolute atomic E-state index is 11.5. The number of carboxylic acid groups (broad SMARTS) is 1. The molecule has 2 aromatic rings. The van der Waals surface area contributed by atoms with Gasteiger partial charge in [-0.25, -0.2) is 9.78 Å². The van der Waals surface area contributed by atoms with Gasteiger partial charge in [-0.1, -0.05) is 18.6 Å². The molecule has 1 fully saturated rings. The van der Waals surface area contributed by atoms with Crippen LogP contribution in [0.2, 0.25) is 0 Å². The van der Waals surface area contributed by atoms with Crippen molar-refractivity contribution in [1.29, 1.82) is 0 Å². The van der Waals surface area contributed by atoms with Gasteiger partial charge >= 0.3 is 5.97 Å². The Balaban J connectivity index is 0.00000176. The van der Waals surface area contributed by atoms with Crippen molar-refractivity contribution in [3.63, 3.8) is 0 Å². The van der Waals surface area contributed by atoms with E-state index in [0.717, 1.165) is 25.9 Å². The third-order valence-corrected chi connectivity index (χ3v) is 4.00. The summed E-state index contributed by atoms with van der Waals surface area (Å²) in [4.78, 5) is 17.9. The minimum atomic E-state index is -1.09. The standard InChI is InChI=1S/C16H18N2O3.ClH/c19-15-11-6-2-3-7-13(11)17-14(16(20)21)12(15)10-18-8-4-1-5-9-18;/h2-3,6-7H,1,4-5,8-10H2,(H,17,19)(H,20,21);1H. The van der Waals surface area contributed by atoms with E-state index in [9.17, 15) is 15.0 Å². The zero-order valence-electron chi connectivity index (χ0n) is 12.2. The zero-order valence-corrected chi connectivity index (χ0v) is 13.0. The number of fused-ring (bicyclic) bond motifs is 1. The molecule has 2 heterocycles. The van der Waals surface area contributed by atoms with Gasteiger partial charge < -0.3 is 10.2 Å². The predicted octanol–water partition coefficient (Wildman–Crippen LogP) is 3.05. The molecule has 0 atom stereocenters. The fourth-order valence-electron chi connectivity index (χ4n) is 2.90. The van der Waals surface area contributed by atoms with Gasteiger partial charge in [0.2, 0.25) is 0 Å². The highest BCUT2D eigenvalue weighted by atomic mass is 35.5. The Bertz CT molecular complexity index is 684. The van der Waals surface area contributed by atoms with Crippen LogP contribution in [-0.2, 0) is 6.54 Å². The largest absolute Gasteiger partial charge is 0.507 e. The Morgan fingerprint density at radius 2 is 1.86 bits per heavy atom. The van der Waals surface area contributed by atoms with Gasteiger partial charge in [0, 0.05) is 17.5 Å². The predicted molar refractivity (Wildman–Crippen MR) is 86.7 cm³/mol. The molecule has 1 aromatic carbocycles. The van der Waals surface area contributed by atoms with E-state index < -0.39 is 5.97 Å². The van der Waals surface area contributed by atoms with Crippen LogP contribution in [-0.4, -0.2) is 39.2 Å². The van der Waals surface area contributed by atoms with Crippen molar-refractivity contribution in [3.8, 4) is 5.75 Å². The smallest absolute Gasteiger partial charge is 0.354 e. The summed E-state index contributed by atoms with van der Waals surface area (Å²) in [5, 5.41) is 20.5. The zero-order chi connectivity index (χ0) is 14.8. The minimum Gasteiger partial charge on any atom is -0.507 e. The number of nitrogens with zero attached hydrogens (tertiary/aromatic N) is 2. The van der Waals surface area contributed by atoms with E-state index in [1.165, 1.54) is 6.42 Å². The summed E-state index contributed by atoms with van der Waals surface area (Å²) in [5.41, 5.74) is 0.884. The van der Waals surface area contributed by atoms with Crippen LogP contribution in [0.5, 0.6) is 5.75 Å². The van der Waals surface area contributed by atoms with Gasteiger partial charge in [-0.05, 0) is 38.1 Å². The van der Waals surface area contributed by atoms with E-state index in [1.807, 2.05) is 6.07 Å². The second-order valence-electron chi connectivity index (χ2n) is 5.45. The third-order valence-electron chi connectivity index (χ3n) is 4.00. The number of aromatic hydroxyl groups is 1. The summed E-state index contributed by atoms with van der Waals surface area (Å²) in [7, 11) is 0. The molecule has 6 heteroatoms. The number of rotatable bonds is 3. The lowest BCUT2D eigenvalue weighted by atomic mass is 10.0. The number of para-hydroxylation sites is 1. The van der Waals surface area contributed by atoms with Crippen LogP contribution in [0.3, 0.4) is 0 Å². The van der Waals surface area contributed by atoms with E-state index in [1.54, 1.807) is 18.2 Å². The van der Waals surface area contributed by atoms with Gasteiger partial charge in [0.25, 0.3) is 0 Å². The monoisotopic (exact) mass is 322 g/mol. The Labute approximate surface area is 135 Å². The molecule has 0 saturated carbocycles. The molecule has 1 aromatic heterocycles. The fraction of sp³-hybridized carbons (Fsp3) is 0.375. The fourth-order valence-corrected chi connectivity index (χ4v) is 2.90. The highest BCUT2D eigenvalue weighted by Crippen LogP contribution is 2.31. The van der Waals surface area contributed by atoms with Crippen LogP contribution >= 0.6 is 12.4 Å². The Hall–Kier alpha value is -1.85. The van der Waals surface area contributed by atoms with Crippen molar-refractivity contribution in [2.75, 3.05) is 13.1 Å². The van der Waals surface area contributed by atoms with Crippen molar-refractivity contribution < 1.29 is 15.0 Å². The molecule has 0 unspecified atom stereocenters. The SMILES string of the molecule is Cl.O=C(O)c1nc2ccccc2c(O)c1CN1CCCCC1. The van der Waals surface area contributed by atoms with Crippen LogP contribution in [0.25, 0.3) is 10.9 Å². The number of piperidine rings is 1. The molecular weight excluding hydrogens is 304 g/mol. The molecule has 0 spiro atoms. The van der Waals surface area contributed by atoms with Crippen LogP contribution in [0.1, 0.15) is 35.3 Å². The lowest BCUT2D eigenvalue weighted by molar-refractivity contribution is 0.0687. The van der Waals surface area contributed by atoms with Gasteiger partial charge in [0.1, 0.15) is 5.75 Å². The maximum Gasteiger partial charge on any atom is 0.354 e. The highest BCUT2D eigenvalue weighted by Gasteiger charge is 2.22. The third kappa shape index (κ3) is 3.15. The Morgan fingerprint density at radius 3 is 2.55 bits per heavy atom. The van der Waals surface area contributed by atoms with Crippen LogP contribution < -0.4 is 0 Å². The van der Waals surface area contributed by atoms with Crippen molar-refractivity contribution in [1.82, 2.24) is 9.88 Å². The first-order chi connectivity index (χ1) is 10.2. The number of halogens is 1. The molecule has 1 aliphatic heterocycles. The van der Waals surface area contributed by atoms with Gasteiger partial charge in [0.15, 0.2) is 5.69 Å². The summed E-state index contributed by atoms with van der Waals surface area (Å²) < 4.78 is 0. The van der Waals surface area contributed by atoms with Gasteiger partial charge in [-0.3, -0.25) is 4.90 Å². The molecule has 1 saturated heterocycles. The van der Waals surface area contributed by atoms with E-state index in [0.29, 0.717) is 23.0 Å². The number of pyridine rings is 1. The Kier molecular flexibility index (Phi) is 5.21. The molecule has 22 heavy (non-hydrogen) atoms. The second-order valence-corrected chi connectivity index (χ2v) is 5.45. The summed E-state index contributed by atoms with van der Waals surface area (Å²) >= 11 is 0. The Morgan fingerprint density at radius 1 is 1.18 bits per heavy atom. The second kappa shape index (κ2) is 6.94. The van der Waals surface area contributed by atoms with Crippen LogP contribution in [0, 0.1) is 0 Å². The normalized spacial score (nSPS) is 15.5. The number of hydrogen-bond donors (Lipinski definition) is 2. The average molecular weight is 323 g/mol. The molecule has 0 radical (unpaired) electrons. The number of hydrogen-bond acceptors (Lipinski definition) is 4. The number of benzene rings is 1. The van der Waals surface area contributed by atoms with Crippen molar-refractivity contribution in [2.24, 2.45) is 0 Å². The number of likely N-dealkylation sites (tertiary alicyclic amines) is 1.